The number of nitrogens with one attached hydrogen (secondary N) is 1. The summed E-state index contributed by atoms with van der Waals surface area (Å²) in [5.41, 5.74) is 0.0613. The second-order valence-corrected chi connectivity index (χ2v) is 4.55. The van der Waals surface area contributed by atoms with Gasteiger partial charge >= 0.3 is 103 Å². The average Bonchev–Trinajstić information content (AvgIpc) is 2.45. The molecule has 3 rings (SSSR count). The number of aromatic nitrogens is 1. The Balaban J connectivity index is 0.00000132. The van der Waals surface area contributed by atoms with Crippen LogP contribution in [0.15, 0.2) is 41.2 Å². The third-order valence-electron chi connectivity index (χ3n) is 3.27. The molecule has 23 heavy (non-hydrogen) atoms. The molecule has 1 aliphatic heterocycles. The van der Waals surface area contributed by atoms with E-state index in [1.54, 1.807) is 0 Å². The summed E-state index contributed by atoms with van der Waals surface area (Å²) < 4.78 is 0. The number of carbonyl (C=O) groups excluding carboxylic acids is 2. The Morgan fingerprint density at radius 1 is 0.913 bits per heavy atom. The van der Waals surface area contributed by atoms with Crippen molar-refractivity contribution in [2.45, 2.75) is 0 Å². The fourth-order valence-corrected chi connectivity index (χ4v) is 2.23. The number of aromatic carboxylic acids is 2. The number of aromatic amines is 1. The molecule has 1 aromatic carbocycles. The molecule has 0 fully saturated rings. The van der Waals surface area contributed by atoms with Gasteiger partial charge in [0, 0.05) is 22.3 Å². The van der Waals surface area contributed by atoms with Gasteiger partial charge in [-0.2, -0.15) is 0 Å². The summed E-state index contributed by atoms with van der Waals surface area (Å²) in [6.07, 6.45) is 0. The van der Waals surface area contributed by atoms with E-state index in [-0.39, 0.29) is 114 Å². The minimum absolute atomic E-state index is 0. The average molecular weight is 359 g/mol. The van der Waals surface area contributed by atoms with Crippen LogP contribution in [0.1, 0.15) is 20.7 Å². The quantitative estimate of drug-likeness (QED) is 0.361. The van der Waals surface area contributed by atoms with Gasteiger partial charge in [-0.3, -0.25) is 4.79 Å². The molecule has 0 atom stereocenters. The largest absolute Gasteiger partial charge is 1.00 e. The monoisotopic (exact) mass is 359 g/mol. The summed E-state index contributed by atoms with van der Waals surface area (Å²) in [4.78, 5) is 36.6. The van der Waals surface area contributed by atoms with E-state index in [2.05, 4.69) is 4.98 Å². The Labute approximate surface area is 215 Å². The van der Waals surface area contributed by atoms with Crippen LogP contribution in [0.5, 0.6) is 0 Å². The SMILES string of the molecule is O=C([O-])c1ccc2cc3c(=O)c(C(=O)[O-])ccc-3[nH]c2c1.[K+].[K+]. The number of carboxylic acids is 2. The fourth-order valence-electron chi connectivity index (χ4n) is 2.23. The molecule has 2 aliphatic rings. The summed E-state index contributed by atoms with van der Waals surface area (Å²) in [5, 5.41) is 22.3. The number of carboxylic acid groups (broad SMARTS) is 2. The Kier molecular flexibility index (Phi) is 7.80. The van der Waals surface area contributed by atoms with Gasteiger partial charge in [-0.05, 0) is 35.2 Å². The van der Waals surface area contributed by atoms with Crippen LogP contribution in [-0.4, -0.2) is 16.9 Å². The van der Waals surface area contributed by atoms with Crippen LogP contribution >= 0.6 is 0 Å². The Bertz CT molecular complexity index is 935. The summed E-state index contributed by atoms with van der Waals surface area (Å²) in [7, 11) is 0. The molecule has 1 aromatic rings. The molecule has 0 unspecified atom stereocenters. The van der Waals surface area contributed by atoms with Gasteiger partial charge in [0.05, 0.1) is 11.9 Å². The third kappa shape index (κ3) is 4.21. The summed E-state index contributed by atoms with van der Waals surface area (Å²) in [6, 6.07) is 8.36. The van der Waals surface area contributed by atoms with Crippen LogP contribution in [0, 0.1) is 0 Å². The van der Waals surface area contributed by atoms with Crippen molar-refractivity contribution in [1.29, 1.82) is 0 Å². The number of H-pyrrole nitrogens is 1. The first-order valence-electron chi connectivity index (χ1n) is 6.00. The van der Waals surface area contributed by atoms with E-state index in [9.17, 15) is 24.6 Å². The van der Waals surface area contributed by atoms with Crippen molar-refractivity contribution in [3.63, 3.8) is 0 Å². The van der Waals surface area contributed by atoms with E-state index >= 15 is 0 Å². The third-order valence-corrected chi connectivity index (χ3v) is 3.27. The minimum atomic E-state index is -1.53. The Morgan fingerprint density at radius 3 is 2.22 bits per heavy atom. The topological polar surface area (TPSA) is 113 Å². The number of rotatable bonds is 2. The second kappa shape index (κ2) is 8.48. The number of benzene rings is 2. The van der Waals surface area contributed by atoms with E-state index < -0.39 is 22.9 Å². The molecule has 0 amide bonds. The van der Waals surface area contributed by atoms with Crippen molar-refractivity contribution in [2.75, 3.05) is 0 Å². The molecule has 0 aromatic heterocycles. The van der Waals surface area contributed by atoms with Gasteiger partial charge in [-0.15, -0.1) is 0 Å². The van der Waals surface area contributed by atoms with E-state index in [4.69, 9.17) is 0 Å². The van der Waals surface area contributed by atoms with Crippen molar-refractivity contribution in [1.82, 2.24) is 4.98 Å². The zero-order chi connectivity index (χ0) is 15.1. The predicted molar refractivity (Wildman–Crippen MR) is 69.9 cm³/mol. The molecule has 1 heterocycles. The standard InChI is InChI=1S/C15H9NO5.2K/c17-13-9(15(20)21)3-4-11-10(13)5-7-1-2-8(14(18)19)6-12(7)16-11;;/h1-6,16H,(H,18,19)(H,20,21);;/q;2*+1/p-2. The van der Waals surface area contributed by atoms with Crippen molar-refractivity contribution >= 4 is 22.8 Å². The number of pyridine rings is 1. The van der Waals surface area contributed by atoms with Gasteiger partial charge in [0.25, 0.3) is 0 Å². The van der Waals surface area contributed by atoms with Gasteiger partial charge < -0.3 is 24.8 Å². The zero-order valence-corrected chi connectivity index (χ0v) is 18.8. The van der Waals surface area contributed by atoms with Gasteiger partial charge in [0.2, 0.25) is 0 Å². The van der Waals surface area contributed by atoms with E-state index in [1.807, 2.05) is 0 Å². The summed E-state index contributed by atoms with van der Waals surface area (Å²) in [6.45, 7) is 0. The number of hydrogen-bond donors (Lipinski definition) is 1. The first kappa shape index (κ1) is 21.2. The second-order valence-electron chi connectivity index (χ2n) is 4.55. The van der Waals surface area contributed by atoms with Crippen LogP contribution in [0.3, 0.4) is 0 Å². The van der Waals surface area contributed by atoms with Crippen molar-refractivity contribution in [3.05, 3.63) is 57.7 Å². The maximum absolute atomic E-state index is 12.0. The van der Waals surface area contributed by atoms with Crippen molar-refractivity contribution in [2.24, 2.45) is 0 Å². The van der Waals surface area contributed by atoms with Gasteiger partial charge in [0.1, 0.15) is 0 Å². The normalized spacial score (nSPS) is 9.91. The number of fused-ring (bicyclic) bond motifs is 2. The van der Waals surface area contributed by atoms with Gasteiger partial charge in [-0.25, -0.2) is 0 Å². The maximum atomic E-state index is 12.0. The molecular weight excluding hydrogens is 352 g/mol. The summed E-state index contributed by atoms with van der Waals surface area (Å²) >= 11 is 0. The first-order chi connectivity index (χ1) is 9.97. The molecule has 1 aliphatic carbocycles. The predicted octanol–water partition coefficient (Wildman–Crippen LogP) is -6.63. The molecule has 0 saturated carbocycles. The van der Waals surface area contributed by atoms with Gasteiger partial charge in [0.15, 0.2) is 5.43 Å². The Morgan fingerprint density at radius 2 is 1.61 bits per heavy atom. The fraction of sp³-hybridized carbons (Fsp3) is 0. The summed E-state index contributed by atoms with van der Waals surface area (Å²) in [5.74, 6) is -2.84. The van der Waals surface area contributed by atoms with E-state index in [1.165, 1.54) is 30.3 Å². The van der Waals surface area contributed by atoms with Crippen LogP contribution in [0.4, 0.5) is 0 Å². The zero-order valence-electron chi connectivity index (χ0n) is 12.5. The molecule has 0 spiro atoms. The molecule has 0 radical (unpaired) electrons. The van der Waals surface area contributed by atoms with E-state index in [0.717, 1.165) is 6.07 Å². The molecule has 0 saturated heterocycles. The van der Waals surface area contributed by atoms with Crippen molar-refractivity contribution in [3.8, 4) is 11.3 Å². The first-order valence-corrected chi connectivity index (χ1v) is 6.00. The smallest absolute Gasteiger partial charge is 0.545 e. The minimum Gasteiger partial charge on any atom is -0.545 e. The van der Waals surface area contributed by atoms with Crippen LogP contribution in [-0.2, 0) is 0 Å². The molecular formula is C15H7K2NO5. The van der Waals surface area contributed by atoms with E-state index in [0.29, 0.717) is 16.6 Å². The van der Waals surface area contributed by atoms with Crippen LogP contribution in [0.2, 0.25) is 0 Å². The van der Waals surface area contributed by atoms with Gasteiger partial charge in [-0.1, -0.05) is 12.1 Å². The van der Waals surface area contributed by atoms with Crippen LogP contribution < -0.4 is 118 Å². The molecule has 1 N–H and O–H groups in total. The maximum Gasteiger partial charge on any atom is 1.00 e. The van der Waals surface area contributed by atoms with Crippen LogP contribution in [0.25, 0.3) is 22.2 Å². The molecule has 6 nitrogen and oxygen atoms in total. The number of hydrogen-bond acceptors (Lipinski definition) is 5. The molecule has 0 bridgehead atoms. The number of carbonyl (C=O) groups is 2. The molecule has 104 valence electrons. The molecule has 8 heteroatoms. The Hall–Kier alpha value is 0.123. The van der Waals surface area contributed by atoms with Crippen molar-refractivity contribution < 1.29 is 123 Å².